The van der Waals surface area contributed by atoms with Crippen molar-refractivity contribution >= 4 is 17.8 Å². The Hall–Kier alpha value is -2.37. The zero-order valence-electron chi connectivity index (χ0n) is 14.9. The Morgan fingerprint density at radius 2 is 2.12 bits per heavy atom. The zero-order valence-corrected chi connectivity index (χ0v) is 14.9. The SMILES string of the molecule is O=C(NCC[C@H]1C[C@H]2CC[C@H]1C2)c1cccc(CN2C(=O)CNC2=O)c1. The Kier molecular flexibility index (Phi) is 4.66. The van der Waals surface area contributed by atoms with Crippen molar-refractivity contribution in [2.24, 2.45) is 17.8 Å². The number of rotatable bonds is 6. The summed E-state index contributed by atoms with van der Waals surface area (Å²) in [5, 5.41) is 5.53. The van der Waals surface area contributed by atoms with Crippen LogP contribution in [-0.4, -0.2) is 35.8 Å². The maximum absolute atomic E-state index is 12.4. The predicted molar refractivity (Wildman–Crippen MR) is 96.3 cm³/mol. The zero-order chi connectivity index (χ0) is 18.1. The summed E-state index contributed by atoms with van der Waals surface area (Å²) >= 11 is 0. The number of hydrogen-bond acceptors (Lipinski definition) is 3. The van der Waals surface area contributed by atoms with Crippen molar-refractivity contribution in [1.82, 2.24) is 15.5 Å². The van der Waals surface area contributed by atoms with Crippen molar-refractivity contribution in [3.63, 3.8) is 0 Å². The van der Waals surface area contributed by atoms with Crippen LogP contribution >= 0.6 is 0 Å². The van der Waals surface area contributed by atoms with Gasteiger partial charge in [0.1, 0.15) is 0 Å². The highest BCUT2D eigenvalue weighted by molar-refractivity contribution is 6.02. The maximum atomic E-state index is 12.4. The number of benzene rings is 1. The van der Waals surface area contributed by atoms with Crippen LogP contribution in [0.3, 0.4) is 0 Å². The number of nitrogens with one attached hydrogen (secondary N) is 2. The molecule has 1 aromatic carbocycles. The Bertz CT molecular complexity index is 717. The number of amides is 4. The van der Waals surface area contributed by atoms with Crippen molar-refractivity contribution in [1.29, 1.82) is 0 Å². The summed E-state index contributed by atoms with van der Waals surface area (Å²) in [5.41, 5.74) is 1.35. The van der Waals surface area contributed by atoms with Crippen LogP contribution in [0.2, 0.25) is 0 Å². The standard InChI is InChI=1S/C20H25N3O3/c24-18-11-22-20(26)23(18)12-14-2-1-3-17(10-14)19(25)21-7-6-16-9-13-4-5-15(16)8-13/h1-3,10,13,15-16H,4-9,11-12H2,(H,21,25)(H,22,26)/t13-,15-,16-/m0/s1. The molecule has 3 atom stereocenters. The van der Waals surface area contributed by atoms with E-state index < -0.39 is 0 Å². The van der Waals surface area contributed by atoms with Gasteiger partial charge in [-0.3, -0.25) is 14.5 Å². The van der Waals surface area contributed by atoms with Gasteiger partial charge in [0.25, 0.3) is 5.91 Å². The highest BCUT2D eigenvalue weighted by Crippen LogP contribution is 2.49. The third kappa shape index (κ3) is 3.45. The second kappa shape index (κ2) is 7.09. The summed E-state index contributed by atoms with van der Waals surface area (Å²) in [6.07, 6.45) is 6.56. The van der Waals surface area contributed by atoms with Gasteiger partial charge in [-0.2, -0.15) is 0 Å². The van der Waals surface area contributed by atoms with E-state index in [2.05, 4.69) is 10.6 Å². The molecule has 1 saturated heterocycles. The first-order valence-electron chi connectivity index (χ1n) is 9.55. The molecule has 1 aromatic rings. The lowest BCUT2D eigenvalue weighted by Crippen LogP contribution is -2.30. The average Bonchev–Trinajstić information content (AvgIpc) is 3.34. The Morgan fingerprint density at radius 1 is 1.23 bits per heavy atom. The summed E-state index contributed by atoms with van der Waals surface area (Å²) in [4.78, 5) is 36.9. The Morgan fingerprint density at radius 3 is 2.81 bits per heavy atom. The molecule has 138 valence electrons. The van der Waals surface area contributed by atoms with Gasteiger partial charge in [-0.1, -0.05) is 18.6 Å². The van der Waals surface area contributed by atoms with Crippen molar-refractivity contribution in [3.8, 4) is 0 Å². The molecule has 0 radical (unpaired) electrons. The van der Waals surface area contributed by atoms with E-state index in [0.717, 1.165) is 29.7 Å². The molecule has 6 heteroatoms. The van der Waals surface area contributed by atoms with Crippen molar-refractivity contribution < 1.29 is 14.4 Å². The van der Waals surface area contributed by atoms with Gasteiger partial charge >= 0.3 is 6.03 Å². The molecule has 3 fully saturated rings. The van der Waals surface area contributed by atoms with E-state index in [-0.39, 0.29) is 30.9 Å². The molecule has 2 saturated carbocycles. The van der Waals surface area contributed by atoms with Crippen LogP contribution in [0.25, 0.3) is 0 Å². The van der Waals surface area contributed by atoms with Crippen LogP contribution in [0.4, 0.5) is 4.79 Å². The predicted octanol–water partition coefficient (Wildman–Crippen LogP) is 2.29. The van der Waals surface area contributed by atoms with Crippen LogP contribution in [0.5, 0.6) is 0 Å². The van der Waals surface area contributed by atoms with Crippen LogP contribution in [-0.2, 0) is 11.3 Å². The number of hydrogen-bond donors (Lipinski definition) is 2. The fraction of sp³-hybridized carbons (Fsp3) is 0.550. The van der Waals surface area contributed by atoms with E-state index in [0.29, 0.717) is 12.1 Å². The topological polar surface area (TPSA) is 78.5 Å². The van der Waals surface area contributed by atoms with Crippen molar-refractivity contribution in [2.45, 2.75) is 38.6 Å². The number of imide groups is 1. The van der Waals surface area contributed by atoms with Gasteiger partial charge in [0.05, 0.1) is 13.1 Å². The fourth-order valence-electron chi connectivity index (χ4n) is 4.81. The van der Waals surface area contributed by atoms with E-state index in [1.54, 1.807) is 18.2 Å². The quantitative estimate of drug-likeness (QED) is 0.769. The Balaban J connectivity index is 1.30. The second-order valence-corrected chi connectivity index (χ2v) is 7.82. The third-order valence-corrected chi connectivity index (χ3v) is 6.15. The van der Waals surface area contributed by atoms with E-state index in [9.17, 15) is 14.4 Å². The molecule has 3 aliphatic rings. The first kappa shape index (κ1) is 17.1. The summed E-state index contributed by atoms with van der Waals surface area (Å²) in [5.74, 6) is 2.26. The lowest BCUT2D eigenvalue weighted by Gasteiger charge is -2.21. The van der Waals surface area contributed by atoms with E-state index in [1.165, 1.54) is 30.6 Å². The third-order valence-electron chi connectivity index (χ3n) is 6.15. The normalized spacial score (nSPS) is 27.1. The molecular formula is C20H25N3O3. The number of nitrogens with zero attached hydrogens (tertiary/aromatic N) is 1. The van der Waals surface area contributed by atoms with Crippen LogP contribution in [0.1, 0.15) is 48.0 Å². The smallest absolute Gasteiger partial charge is 0.324 e. The molecular weight excluding hydrogens is 330 g/mol. The van der Waals surface area contributed by atoms with Gasteiger partial charge in [0.2, 0.25) is 5.91 Å². The first-order chi connectivity index (χ1) is 12.6. The molecule has 2 aliphatic carbocycles. The summed E-state index contributed by atoms with van der Waals surface area (Å²) in [7, 11) is 0. The molecule has 0 unspecified atom stereocenters. The lowest BCUT2D eigenvalue weighted by atomic mass is 9.86. The molecule has 1 heterocycles. The van der Waals surface area contributed by atoms with Gasteiger partial charge in [-0.25, -0.2) is 4.79 Å². The van der Waals surface area contributed by atoms with Gasteiger partial charge in [0.15, 0.2) is 0 Å². The van der Waals surface area contributed by atoms with Crippen molar-refractivity contribution in [2.75, 3.05) is 13.1 Å². The molecule has 26 heavy (non-hydrogen) atoms. The number of carbonyl (C=O) groups excluding carboxylic acids is 3. The summed E-state index contributed by atoms with van der Waals surface area (Å²) in [6.45, 7) is 0.947. The minimum absolute atomic E-state index is 0.0437. The molecule has 2 bridgehead atoms. The number of carbonyl (C=O) groups is 3. The summed E-state index contributed by atoms with van der Waals surface area (Å²) in [6, 6.07) is 6.76. The van der Waals surface area contributed by atoms with Gasteiger partial charge < -0.3 is 10.6 Å². The van der Waals surface area contributed by atoms with Crippen LogP contribution < -0.4 is 10.6 Å². The highest BCUT2D eigenvalue weighted by Gasteiger charge is 2.38. The molecule has 0 aromatic heterocycles. The van der Waals surface area contributed by atoms with Crippen LogP contribution in [0, 0.1) is 17.8 Å². The monoisotopic (exact) mass is 355 g/mol. The van der Waals surface area contributed by atoms with Gasteiger partial charge in [-0.05, 0) is 61.1 Å². The second-order valence-electron chi connectivity index (χ2n) is 7.82. The number of urea groups is 1. The molecule has 1 aliphatic heterocycles. The number of fused-ring (bicyclic) bond motifs is 2. The van der Waals surface area contributed by atoms with E-state index in [4.69, 9.17) is 0 Å². The molecule has 4 amide bonds. The largest absolute Gasteiger partial charge is 0.352 e. The van der Waals surface area contributed by atoms with E-state index >= 15 is 0 Å². The maximum Gasteiger partial charge on any atom is 0.324 e. The van der Waals surface area contributed by atoms with E-state index in [1.807, 2.05) is 6.07 Å². The summed E-state index contributed by atoms with van der Waals surface area (Å²) < 4.78 is 0. The highest BCUT2D eigenvalue weighted by atomic mass is 16.2. The van der Waals surface area contributed by atoms with Gasteiger partial charge in [-0.15, -0.1) is 0 Å². The lowest BCUT2D eigenvalue weighted by molar-refractivity contribution is -0.125. The first-order valence-corrected chi connectivity index (χ1v) is 9.55. The Labute approximate surface area is 153 Å². The van der Waals surface area contributed by atoms with Crippen molar-refractivity contribution in [3.05, 3.63) is 35.4 Å². The molecule has 4 rings (SSSR count). The molecule has 6 nitrogen and oxygen atoms in total. The minimum Gasteiger partial charge on any atom is -0.352 e. The molecule has 2 N–H and O–H groups in total. The minimum atomic E-state index is -0.379. The van der Waals surface area contributed by atoms with Crippen LogP contribution in [0.15, 0.2) is 24.3 Å². The fourth-order valence-corrected chi connectivity index (χ4v) is 4.81. The molecule has 0 spiro atoms. The average molecular weight is 355 g/mol. The van der Waals surface area contributed by atoms with Gasteiger partial charge in [0, 0.05) is 12.1 Å².